The molecular formula is C25H27NO4. The molecule has 1 amide bonds. The van der Waals surface area contributed by atoms with Crippen molar-refractivity contribution in [3.63, 3.8) is 0 Å². The van der Waals surface area contributed by atoms with Gasteiger partial charge in [-0.1, -0.05) is 39.0 Å². The van der Waals surface area contributed by atoms with E-state index in [0.29, 0.717) is 24.4 Å². The largest absolute Gasteiger partial charge is 0.464 e. The maximum absolute atomic E-state index is 13.4. The lowest BCUT2D eigenvalue weighted by atomic mass is 9.86. The van der Waals surface area contributed by atoms with Gasteiger partial charge in [-0.15, -0.1) is 0 Å². The Balaban J connectivity index is 1.60. The normalized spacial score (nSPS) is 12.8. The molecule has 156 valence electrons. The zero-order chi connectivity index (χ0) is 21.3. The molecule has 30 heavy (non-hydrogen) atoms. The van der Waals surface area contributed by atoms with E-state index in [1.54, 1.807) is 4.90 Å². The smallest absolute Gasteiger partial charge is 0.254 e. The minimum atomic E-state index is -0.0396. The predicted octanol–water partition coefficient (Wildman–Crippen LogP) is 5.46. The van der Waals surface area contributed by atoms with Crippen molar-refractivity contribution in [1.82, 2.24) is 4.90 Å². The van der Waals surface area contributed by atoms with Crippen LogP contribution in [0.1, 0.15) is 53.8 Å². The molecular weight excluding hydrogens is 378 g/mol. The van der Waals surface area contributed by atoms with Gasteiger partial charge in [0.1, 0.15) is 11.5 Å². The summed E-state index contributed by atoms with van der Waals surface area (Å²) in [6.45, 7) is 9.45. The number of hydrogen-bond acceptors (Lipinski definition) is 4. The van der Waals surface area contributed by atoms with Gasteiger partial charge < -0.3 is 18.8 Å². The summed E-state index contributed by atoms with van der Waals surface area (Å²) in [5, 5.41) is 0. The van der Waals surface area contributed by atoms with E-state index in [1.165, 1.54) is 5.56 Å². The second-order valence-corrected chi connectivity index (χ2v) is 8.69. The highest BCUT2D eigenvalue weighted by molar-refractivity contribution is 5.94. The van der Waals surface area contributed by atoms with Crippen molar-refractivity contribution in [2.24, 2.45) is 0 Å². The fourth-order valence-electron chi connectivity index (χ4n) is 3.51. The first kappa shape index (κ1) is 20.1. The van der Waals surface area contributed by atoms with Crippen molar-refractivity contribution in [2.75, 3.05) is 6.79 Å². The zero-order valence-electron chi connectivity index (χ0n) is 17.9. The van der Waals surface area contributed by atoms with Crippen LogP contribution < -0.4 is 9.47 Å². The molecule has 2 aromatic carbocycles. The number of ether oxygens (including phenoxy) is 2. The van der Waals surface area contributed by atoms with Crippen molar-refractivity contribution < 1.29 is 18.7 Å². The van der Waals surface area contributed by atoms with Crippen LogP contribution in [0.15, 0.2) is 59.0 Å². The van der Waals surface area contributed by atoms with E-state index in [2.05, 4.69) is 20.8 Å². The average molecular weight is 405 g/mol. The van der Waals surface area contributed by atoms with Crippen LogP contribution in [0, 0.1) is 6.92 Å². The summed E-state index contributed by atoms with van der Waals surface area (Å²) in [5.74, 6) is 2.99. The van der Waals surface area contributed by atoms with Gasteiger partial charge in [0, 0.05) is 12.1 Å². The molecule has 2 heterocycles. The van der Waals surface area contributed by atoms with E-state index >= 15 is 0 Å². The maximum Gasteiger partial charge on any atom is 0.254 e. The predicted molar refractivity (Wildman–Crippen MR) is 115 cm³/mol. The molecule has 0 atom stereocenters. The van der Waals surface area contributed by atoms with Crippen LogP contribution in [0.2, 0.25) is 0 Å². The number of carbonyl (C=O) groups is 1. The molecule has 0 saturated heterocycles. The molecule has 0 saturated carbocycles. The van der Waals surface area contributed by atoms with Crippen molar-refractivity contribution >= 4 is 5.91 Å². The highest BCUT2D eigenvalue weighted by atomic mass is 16.7. The summed E-state index contributed by atoms with van der Waals surface area (Å²) >= 11 is 0. The van der Waals surface area contributed by atoms with Crippen LogP contribution in [0.4, 0.5) is 0 Å². The van der Waals surface area contributed by atoms with E-state index in [0.717, 1.165) is 22.8 Å². The Kier molecular flexibility index (Phi) is 5.29. The van der Waals surface area contributed by atoms with Gasteiger partial charge in [-0.3, -0.25) is 4.79 Å². The summed E-state index contributed by atoms with van der Waals surface area (Å²) in [4.78, 5) is 15.2. The van der Waals surface area contributed by atoms with Crippen molar-refractivity contribution in [3.05, 3.63) is 82.8 Å². The molecule has 5 heteroatoms. The van der Waals surface area contributed by atoms with Crippen LogP contribution in [-0.4, -0.2) is 17.6 Å². The lowest BCUT2D eigenvalue weighted by Gasteiger charge is -2.23. The molecule has 0 spiro atoms. The lowest BCUT2D eigenvalue weighted by molar-refractivity contribution is 0.0717. The summed E-state index contributed by atoms with van der Waals surface area (Å²) in [6, 6.07) is 17.5. The van der Waals surface area contributed by atoms with Crippen LogP contribution >= 0.6 is 0 Å². The Labute approximate surface area is 177 Å². The number of amides is 1. The number of furan rings is 1. The Morgan fingerprint density at radius 3 is 2.33 bits per heavy atom. The van der Waals surface area contributed by atoms with E-state index in [1.807, 2.05) is 61.5 Å². The van der Waals surface area contributed by atoms with Gasteiger partial charge in [0.25, 0.3) is 5.91 Å². The number of carbonyl (C=O) groups excluding carboxylic acids is 1. The van der Waals surface area contributed by atoms with Crippen molar-refractivity contribution in [3.8, 4) is 11.5 Å². The fourth-order valence-corrected chi connectivity index (χ4v) is 3.51. The van der Waals surface area contributed by atoms with Gasteiger partial charge in [0.15, 0.2) is 11.5 Å². The van der Waals surface area contributed by atoms with E-state index in [4.69, 9.17) is 13.9 Å². The Morgan fingerprint density at radius 1 is 0.933 bits per heavy atom. The topological polar surface area (TPSA) is 51.9 Å². The third kappa shape index (κ3) is 4.35. The molecule has 1 aromatic heterocycles. The minimum absolute atomic E-state index is 0.0396. The molecule has 0 N–H and O–H groups in total. The van der Waals surface area contributed by atoms with Gasteiger partial charge in [-0.25, -0.2) is 0 Å². The van der Waals surface area contributed by atoms with Crippen LogP contribution in [0.5, 0.6) is 11.5 Å². The van der Waals surface area contributed by atoms with Crippen LogP contribution in [0.3, 0.4) is 0 Å². The van der Waals surface area contributed by atoms with Crippen molar-refractivity contribution in [1.29, 1.82) is 0 Å². The second kappa shape index (κ2) is 7.90. The summed E-state index contributed by atoms with van der Waals surface area (Å²) in [7, 11) is 0. The second-order valence-electron chi connectivity index (χ2n) is 8.69. The van der Waals surface area contributed by atoms with Gasteiger partial charge in [0.2, 0.25) is 6.79 Å². The number of aryl methyl sites for hydroxylation is 1. The number of fused-ring (bicyclic) bond motifs is 1. The number of rotatable bonds is 5. The molecule has 0 fully saturated rings. The third-order valence-corrected chi connectivity index (χ3v) is 5.24. The SMILES string of the molecule is Cc1ccc(CN(Cc2ccc3c(c2)OCO3)C(=O)c2ccc(C(C)(C)C)cc2)o1. The Morgan fingerprint density at radius 2 is 1.67 bits per heavy atom. The molecule has 4 rings (SSSR count). The number of hydrogen-bond donors (Lipinski definition) is 0. The van der Waals surface area contributed by atoms with Gasteiger partial charge in [0.05, 0.1) is 6.54 Å². The standard InChI is InChI=1S/C25H27NO4/c1-17-5-11-21(30-17)15-26(14-18-6-12-22-23(13-18)29-16-28-22)24(27)19-7-9-20(10-8-19)25(2,3)4/h5-13H,14-16H2,1-4H3. The molecule has 0 radical (unpaired) electrons. The van der Waals surface area contributed by atoms with E-state index < -0.39 is 0 Å². The summed E-state index contributed by atoms with van der Waals surface area (Å²) in [6.07, 6.45) is 0. The molecule has 0 bridgehead atoms. The molecule has 1 aliphatic heterocycles. The lowest BCUT2D eigenvalue weighted by Crippen LogP contribution is -2.30. The highest BCUT2D eigenvalue weighted by Gasteiger charge is 2.21. The van der Waals surface area contributed by atoms with Crippen LogP contribution in [-0.2, 0) is 18.5 Å². The Hall–Kier alpha value is -3.21. The van der Waals surface area contributed by atoms with E-state index in [9.17, 15) is 4.79 Å². The molecule has 1 aliphatic rings. The monoisotopic (exact) mass is 405 g/mol. The fraction of sp³-hybridized carbons (Fsp3) is 0.320. The zero-order valence-corrected chi connectivity index (χ0v) is 17.9. The first-order chi connectivity index (χ1) is 14.3. The van der Waals surface area contributed by atoms with Gasteiger partial charge >= 0.3 is 0 Å². The summed E-state index contributed by atoms with van der Waals surface area (Å²) < 4.78 is 16.6. The maximum atomic E-state index is 13.4. The first-order valence-corrected chi connectivity index (χ1v) is 10.1. The van der Waals surface area contributed by atoms with Crippen molar-refractivity contribution in [2.45, 2.75) is 46.2 Å². The molecule has 0 aliphatic carbocycles. The average Bonchev–Trinajstić information content (AvgIpc) is 3.34. The van der Waals surface area contributed by atoms with Gasteiger partial charge in [-0.05, 0) is 59.9 Å². The highest BCUT2D eigenvalue weighted by Crippen LogP contribution is 2.33. The molecule has 0 unspecified atom stereocenters. The minimum Gasteiger partial charge on any atom is -0.464 e. The van der Waals surface area contributed by atoms with Gasteiger partial charge in [-0.2, -0.15) is 0 Å². The number of nitrogens with zero attached hydrogens (tertiary/aromatic N) is 1. The molecule has 5 nitrogen and oxygen atoms in total. The number of benzene rings is 2. The quantitative estimate of drug-likeness (QED) is 0.566. The van der Waals surface area contributed by atoms with E-state index in [-0.39, 0.29) is 18.1 Å². The third-order valence-electron chi connectivity index (χ3n) is 5.24. The van der Waals surface area contributed by atoms with Crippen LogP contribution in [0.25, 0.3) is 0 Å². The summed E-state index contributed by atoms with van der Waals surface area (Å²) in [5.41, 5.74) is 2.87. The molecule has 3 aromatic rings. The first-order valence-electron chi connectivity index (χ1n) is 10.1. The Bertz CT molecular complexity index is 1040.